The van der Waals surface area contributed by atoms with Crippen molar-refractivity contribution in [1.29, 1.82) is 0 Å². The summed E-state index contributed by atoms with van der Waals surface area (Å²) in [5.74, 6) is 1.19. The van der Waals surface area contributed by atoms with Crippen molar-refractivity contribution in [3.05, 3.63) is 0 Å². The van der Waals surface area contributed by atoms with Crippen molar-refractivity contribution in [3.63, 3.8) is 0 Å². The Kier molecular flexibility index (Phi) is 6.26. The van der Waals surface area contributed by atoms with Crippen LogP contribution in [0, 0.1) is 11.8 Å². The van der Waals surface area contributed by atoms with Crippen LogP contribution in [-0.2, 0) is 19.7 Å². The average molecular weight is 311 g/mol. The van der Waals surface area contributed by atoms with E-state index in [0.717, 1.165) is 25.9 Å². The molecule has 2 unspecified atom stereocenters. The highest BCUT2D eigenvalue weighted by Crippen LogP contribution is 2.28. The molecule has 0 aliphatic carbocycles. The van der Waals surface area contributed by atoms with Gasteiger partial charge in [0.1, 0.15) is 9.84 Å². The van der Waals surface area contributed by atoms with Gasteiger partial charge in [0.25, 0.3) is 0 Å². The minimum atomic E-state index is -2.93. The van der Waals surface area contributed by atoms with E-state index < -0.39 is 19.7 Å². The molecule has 0 bridgehead atoms. The first-order chi connectivity index (χ1) is 8.73. The Morgan fingerprint density at radius 3 is 2.53 bits per heavy atom. The lowest BCUT2D eigenvalue weighted by Gasteiger charge is -2.22. The van der Waals surface area contributed by atoms with Crippen molar-refractivity contribution in [1.82, 2.24) is 5.32 Å². The number of hydrogen-bond acceptors (Lipinski definition) is 5. The Bertz CT molecular complexity index is 470. The van der Waals surface area contributed by atoms with Gasteiger partial charge in [0.15, 0.2) is 9.84 Å². The zero-order valence-electron chi connectivity index (χ0n) is 11.8. The smallest absolute Gasteiger partial charge is 0.150 e. The zero-order valence-corrected chi connectivity index (χ0v) is 13.4. The quantitative estimate of drug-likeness (QED) is 0.705. The second kappa shape index (κ2) is 7.04. The fraction of sp³-hybridized carbons (Fsp3) is 1.00. The maximum Gasteiger partial charge on any atom is 0.150 e. The maximum atomic E-state index is 11.5. The molecule has 114 valence electrons. The molecule has 1 saturated heterocycles. The summed E-state index contributed by atoms with van der Waals surface area (Å²) in [5.41, 5.74) is 0. The van der Waals surface area contributed by atoms with Crippen LogP contribution in [0.1, 0.15) is 26.2 Å². The van der Waals surface area contributed by atoms with Gasteiger partial charge in [-0.1, -0.05) is 6.92 Å². The summed E-state index contributed by atoms with van der Waals surface area (Å²) in [6.45, 7) is 3.64. The molecule has 2 atom stereocenters. The van der Waals surface area contributed by atoms with E-state index in [1.807, 2.05) is 6.92 Å². The standard InChI is InChI=1S/C12H25NO4S2/c1-3-13-9-11(5-4-7-18(2,14)15)12-6-8-19(16,17)10-12/h11-13H,3-10H2,1-2H3. The van der Waals surface area contributed by atoms with Crippen LogP contribution in [0.2, 0.25) is 0 Å². The van der Waals surface area contributed by atoms with Gasteiger partial charge in [0, 0.05) is 12.0 Å². The van der Waals surface area contributed by atoms with E-state index >= 15 is 0 Å². The summed E-state index contributed by atoms with van der Waals surface area (Å²) in [6, 6.07) is 0. The van der Waals surface area contributed by atoms with E-state index in [1.54, 1.807) is 0 Å². The predicted molar refractivity (Wildman–Crippen MR) is 77.7 cm³/mol. The van der Waals surface area contributed by atoms with Crippen molar-refractivity contribution in [2.45, 2.75) is 26.2 Å². The molecule has 1 N–H and O–H groups in total. The largest absolute Gasteiger partial charge is 0.317 e. The minimum absolute atomic E-state index is 0.184. The van der Waals surface area contributed by atoms with Gasteiger partial charge in [-0.25, -0.2) is 16.8 Å². The second-order valence-corrected chi connectivity index (χ2v) is 9.99. The third-order valence-electron chi connectivity index (χ3n) is 3.68. The molecule has 0 saturated carbocycles. The van der Waals surface area contributed by atoms with Crippen LogP contribution in [0.15, 0.2) is 0 Å². The molecule has 0 amide bonds. The van der Waals surface area contributed by atoms with Crippen LogP contribution in [0.4, 0.5) is 0 Å². The molecule has 0 aromatic heterocycles. The fourth-order valence-electron chi connectivity index (χ4n) is 2.64. The number of nitrogens with one attached hydrogen (secondary N) is 1. The molecule has 0 aromatic carbocycles. The van der Waals surface area contributed by atoms with Crippen LogP contribution in [0.25, 0.3) is 0 Å². The molecule has 0 radical (unpaired) electrons. The van der Waals surface area contributed by atoms with E-state index in [9.17, 15) is 16.8 Å². The zero-order chi connectivity index (χ0) is 14.5. The molecular formula is C12H25NO4S2. The van der Waals surface area contributed by atoms with Gasteiger partial charge >= 0.3 is 0 Å². The molecule has 0 spiro atoms. The van der Waals surface area contributed by atoms with Crippen LogP contribution in [0.5, 0.6) is 0 Å². The topological polar surface area (TPSA) is 80.3 Å². The monoisotopic (exact) mass is 311 g/mol. The van der Waals surface area contributed by atoms with Gasteiger partial charge in [-0.3, -0.25) is 0 Å². The van der Waals surface area contributed by atoms with E-state index in [1.165, 1.54) is 6.26 Å². The van der Waals surface area contributed by atoms with Crippen LogP contribution in [0.3, 0.4) is 0 Å². The molecule has 19 heavy (non-hydrogen) atoms. The normalized spacial score (nSPS) is 24.4. The Morgan fingerprint density at radius 1 is 1.37 bits per heavy atom. The third-order valence-corrected chi connectivity index (χ3v) is 6.50. The predicted octanol–water partition coefficient (Wildman–Crippen LogP) is 0.472. The van der Waals surface area contributed by atoms with Crippen molar-refractivity contribution >= 4 is 19.7 Å². The van der Waals surface area contributed by atoms with Gasteiger partial charge in [0.05, 0.1) is 11.5 Å². The molecular weight excluding hydrogens is 286 g/mol. The summed E-state index contributed by atoms with van der Waals surface area (Å²) in [5, 5.41) is 3.26. The summed E-state index contributed by atoms with van der Waals surface area (Å²) in [4.78, 5) is 0. The van der Waals surface area contributed by atoms with Gasteiger partial charge in [0.2, 0.25) is 0 Å². The van der Waals surface area contributed by atoms with Crippen molar-refractivity contribution in [3.8, 4) is 0 Å². The van der Waals surface area contributed by atoms with Crippen LogP contribution in [-0.4, -0.2) is 53.4 Å². The van der Waals surface area contributed by atoms with Crippen LogP contribution >= 0.6 is 0 Å². The third kappa shape index (κ3) is 6.72. The highest BCUT2D eigenvalue weighted by atomic mass is 32.2. The maximum absolute atomic E-state index is 11.5. The van der Waals surface area contributed by atoms with E-state index in [-0.39, 0.29) is 29.1 Å². The molecule has 5 nitrogen and oxygen atoms in total. The van der Waals surface area contributed by atoms with Gasteiger partial charge in [-0.2, -0.15) is 0 Å². The van der Waals surface area contributed by atoms with Crippen molar-refractivity contribution in [2.75, 3.05) is 36.6 Å². The van der Waals surface area contributed by atoms with Crippen molar-refractivity contribution in [2.24, 2.45) is 11.8 Å². The SMILES string of the molecule is CCNCC(CCCS(C)(=O)=O)C1CCS(=O)(=O)C1. The summed E-state index contributed by atoms with van der Waals surface area (Å²) in [7, 11) is -5.79. The molecule has 1 aliphatic heterocycles. The molecule has 1 aliphatic rings. The fourth-order valence-corrected chi connectivity index (χ4v) is 5.25. The van der Waals surface area contributed by atoms with E-state index in [4.69, 9.17) is 0 Å². The first-order valence-corrected chi connectivity index (χ1v) is 10.7. The van der Waals surface area contributed by atoms with Gasteiger partial charge in [-0.05, 0) is 44.2 Å². The second-order valence-electron chi connectivity index (χ2n) is 5.50. The highest BCUT2D eigenvalue weighted by Gasteiger charge is 2.33. The summed E-state index contributed by atoms with van der Waals surface area (Å²) >= 11 is 0. The van der Waals surface area contributed by atoms with Gasteiger partial charge in [-0.15, -0.1) is 0 Å². The lowest BCUT2D eigenvalue weighted by Crippen LogP contribution is -2.29. The first kappa shape index (κ1) is 16.9. The molecule has 1 fully saturated rings. The molecule has 1 rings (SSSR count). The summed E-state index contributed by atoms with van der Waals surface area (Å²) in [6.07, 6.45) is 3.36. The Labute approximate surface area is 117 Å². The molecule has 0 aromatic rings. The minimum Gasteiger partial charge on any atom is -0.317 e. The number of rotatable bonds is 8. The average Bonchev–Trinajstić information content (AvgIpc) is 2.62. The number of sulfone groups is 2. The first-order valence-electron chi connectivity index (χ1n) is 6.82. The highest BCUT2D eigenvalue weighted by molar-refractivity contribution is 7.91. The van der Waals surface area contributed by atoms with E-state index in [2.05, 4.69) is 5.32 Å². The Morgan fingerprint density at radius 2 is 2.05 bits per heavy atom. The van der Waals surface area contributed by atoms with Crippen molar-refractivity contribution < 1.29 is 16.8 Å². The Balaban J connectivity index is 2.52. The van der Waals surface area contributed by atoms with Gasteiger partial charge < -0.3 is 5.32 Å². The van der Waals surface area contributed by atoms with Crippen LogP contribution < -0.4 is 5.32 Å². The Hall–Kier alpha value is -0.140. The summed E-state index contributed by atoms with van der Waals surface area (Å²) < 4.78 is 45.4. The van der Waals surface area contributed by atoms with E-state index in [0.29, 0.717) is 6.42 Å². The lowest BCUT2D eigenvalue weighted by molar-refractivity contribution is 0.325. The lowest BCUT2D eigenvalue weighted by atomic mass is 9.88. The number of hydrogen-bond donors (Lipinski definition) is 1. The molecule has 7 heteroatoms. The molecule has 1 heterocycles.